The standard InChI is InChI=1S/C15H31N/c1-2-3-4-8-13-16-14-9-12-15-10-6-5-7-11-15/h15-16H,2-14H2,1H3. The SMILES string of the molecule is CCCCCCNCCCC1CCCCC1. The Morgan fingerprint density at radius 2 is 1.62 bits per heavy atom. The second-order valence-electron chi connectivity index (χ2n) is 5.46. The van der Waals surface area contributed by atoms with Gasteiger partial charge in [-0.15, -0.1) is 0 Å². The quantitative estimate of drug-likeness (QED) is 0.569. The average Bonchev–Trinajstić information content (AvgIpc) is 2.34. The molecule has 96 valence electrons. The molecule has 0 heterocycles. The van der Waals surface area contributed by atoms with Crippen LogP contribution < -0.4 is 5.32 Å². The van der Waals surface area contributed by atoms with E-state index in [-0.39, 0.29) is 0 Å². The number of rotatable bonds is 9. The van der Waals surface area contributed by atoms with E-state index in [1.807, 2.05) is 0 Å². The van der Waals surface area contributed by atoms with Crippen molar-refractivity contribution in [1.82, 2.24) is 5.32 Å². The predicted molar refractivity (Wildman–Crippen MR) is 72.8 cm³/mol. The van der Waals surface area contributed by atoms with Crippen molar-refractivity contribution in [3.8, 4) is 0 Å². The molecule has 1 N–H and O–H groups in total. The van der Waals surface area contributed by atoms with Crippen molar-refractivity contribution in [3.63, 3.8) is 0 Å². The van der Waals surface area contributed by atoms with Crippen molar-refractivity contribution in [2.75, 3.05) is 13.1 Å². The molecule has 0 amide bonds. The highest BCUT2D eigenvalue weighted by Gasteiger charge is 2.12. The van der Waals surface area contributed by atoms with Gasteiger partial charge in [0.2, 0.25) is 0 Å². The molecule has 0 aromatic rings. The van der Waals surface area contributed by atoms with Gasteiger partial charge in [0.15, 0.2) is 0 Å². The van der Waals surface area contributed by atoms with Crippen molar-refractivity contribution in [2.45, 2.75) is 77.6 Å². The molecule has 0 aliphatic heterocycles. The van der Waals surface area contributed by atoms with Crippen LogP contribution >= 0.6 is 0 Å². The summed E-state index contributed by atoms with van der Waals surface area (Å²) in [5.74, 6) is 1.07. The topological polar surface area (TPSA) is 12.0 Å². The first-order chi connectivity index (χ1) is 7.93. The molecule has 1 fully saturated rings. The van der Waals surface area contributed by atoms with E-state index < -0.39 is 0 Å². The fourth-order valence-corrected chi connectivity index (χ4v) is 2.79. The summed E-state index contributed by atoms with van der Waals surface area (Å²) < 4.78 is 0. The zero-order valence-electron chi connectivity index (χ0n) is 11.3. The fourth-order valence-electron chi connectivity index (χ4n) is 2.79. The first-order valence-electron chi connectivity index (χ1n) is 7.64. The normalized spacial score (nSPS) is 17.8. The zero-order valence-corrected chi connectivity index (χ0v) is 11.3. The molecule has 0 saturated heterocycles. The summed E-state index contributed by atoms with van der Waals surface area (Å²) in [4.78, 5) is 0. The van der Waals surface area contributed by atoms with Crippen LogP contribution in [0.4, 0.5) is 0 Å². The summed E-state index contributed by atoms with van der Waals surface area (Å²) in [6.07, 6.45) is 15.9. The molecule has 0 atom stereocenters. The molecule has 0 aromatic heterocycles. The summed E-state index contributed by atoms with van der Waals surface area (Å²) in [6, 6.07) is 0. The lowest BCUT2D eigenvalue weighted by Crippen LogP contribution is -2.18. The summed E-state index contributed by atoms with van der Waals surface area (Å²) in [7, 11) is 0. The largest absolute Gasteiger partial charge is 0.317 e. The Morgan fingerprint density at radius 3 is 2.38 bits per heavy atom. The Balaban J connectivity index is 1.77. The van der Waals surface area contributed by atoms with Crippen molar-refractivity contribution in [1.29, 1.82) is 0 Å². The first-order valence-corrected chi connectivity index (χ1v) is 7.64. The van der Waals surface area contributed by atoms with Gasteiger partial charge in [-0.3, -0.25) is 0 Å². The van der Waals surface area contributed by atoms with E-state index in [0.29, 0.717) is 0 Å². The molecule has 1 rings (SSSR count). The molecule has 1 aliphatic carbocycles. The van der Waals surface area contributed by atoms with Crippen LogP contribution in [0.2, 0.25) is 0 Å². The van der Waals surface area contributed by atoms with Gasteiger partial charge >= 0.3 is 0 Å². The van der Waals surface area contributed by atoms with Gasteiger partial charge in [-0.05, 0) is 38.3 Å². The van der Waals surface area contributed by atoms with E-state index >= 15 is 0 Å². The van der Waals surface area contributed by atoms with Crippen molar-refractivity contribution < 1.29 is 0 Å². The molecule has 0 unspecified atom stereocenters. The predicted octanol–water partition coefficient (Wildman–Crippen LogP) is 4.52. The third kappa shape index (κ3) is 7.27. The second-order valence-corrected chi connectivity index (χ2v) is 5.46. The first kappa shape index (κ1) is 14.0. The molecule has 1 nitrogen and oxygen atoms in total. The molecule has 16 heavy (non-hydrogen) atoms. The highest BCUT2D eigenvalue weighted by molar-refractivity contribution is 4.66. The number of hydrogen-bond donors (Lipinski definition) is 1. The van der Waals surface area contributed by atoms with E-state index in [9.17, 15) is 0 Å². The zero-order chi connectivity index (χ0) is 11.5. The van der Waals surface area contributed by atoms with Crippen LogP contribution in [0.3, 0.4) is 0 Å². The van der Waals surface area contributed by atoms with Crippen LogP contribution in [0, 0.1) is 5.92 Å². The van der Waals surface area contributed by atoms with E-state index in [2.05, 4.69) is 12.2 Å². The maximum Gasteiger partial charge on any atom is -0.00488 e. The molecule has 1 aliphatic rings. The van der Waals surface area contributed by atoms with Crippen LogP contribution in [0.15, 0.2) is 0 Å². The summed E-state index contributed by atoms with van der Waals surface area (Å²) in [6.45, 7) is 4.77. The minimum atomic E-state index is 1.07. The van der Waals surface area contributed by atoms with Gasteiger partial charge in [0, 0.05) is 0 Å². The van der Waals surface area contributed by atoms with E-state index in [4.69, 9.17) is 0 Å². The lowest BCUT2D eigenvalue weighted by atomic mass is 9.86. The second kappa shape index (κ2) is 10.1. The van der Waals surface area contributed by atoms with E-state index in [1.165, 1.54) is 83.7 Å². The highest BCUT2D eigenvalue weighted by Crippen LogP contribution is 2.26. The lowest BCUT2D eigenvalue weighted by molar-refractivity contribution is 0.330. The van der Waals surface area contributed by atoms with Crippen LogP contribution in [-0.2, 0) is 0 Å². The highest BCUT2D eigenvalue weighted by atomic mass is 14.8. The Kier molecular flexibility index (Phi) is 8.88. The third-order valence-corrected chi connectivity index (χ3v) is 3.90. The number of hydrogen-bond acceptors (Lipinski definition) is 1. The molecule has 0 aromatic carbocycles. The van der Waals surface area contributed by atoms with Gasteiger partial charge in [0.25, 0.3) is 0 Å². The molecule has 0 bridgehead atoms. The number of unbranched alkanes of at least 4 members (excludes halogenated alkanes) is 3. The summed E-state index contributed by atoms with van der Waals surface area (Å²) >= 11 is 0. The Morgan fingerprint density at radius 1 is 0.875 bits per heavy atom. The summed E-state index contributed by atoms with van der Waals surface area (Å²) in [5.41, 5.74) is 0. The van der Waals surface area contributed by atoms with Gasteiger partial charge in [0.1, 0.15) is 0 Å². The maximum absolute atomic E-state index is 3.58. The summed E-state index contributed by atoms with van der Waals surface area (Å²) in [5, 5.41) is 3.58. The molecule has 0 spiro atoms. The molecule has 1 heteroatoms. The molecule has 0 radical (unpaired) electrons. The van der Waals surface area contributed by atoms with Crippen LogP contribution in [0.25, 0.3) is 0 Å². The molecular weight excluding hydrogens is 194 g/mol. The molecular formula is C15H31N. The van der Waals surface area contributed by atoms with E-state index in [0.717, 1.165) is 5.92 Å². The maximum atomic E-state index is 3.58. The monoisotopic (exact) mass is 225 g/mol. The lowest BCUT2D eigenvalue weighted by Gasteiger charge is -2.21. The van der Waals surface area contributed by atoms with Gasteiger partial charge in [-0.2, -0.15) is 0 Å². The van der Waals surface area contributed by atoms with Crippen LogP contribution in [0.1, 0.15) is 77.6 Å². The van der Waals surface area contributed by atoms with Gasteiger partial charge < -0.3 is 5.32 Å². The van der Waals surface area contributed by atoms with Crippen molar-refractivity contribution >= 4 is 0 Å². The smallest absolute Gasteiger partial charge is 0.00488 e. The van der Waals surface area contributed by atoms with Crippen molar-refractivity contribution in [2.24, 2.45) is 5.92 Å². The van der Waals surface area contributed by atoms with Gasteiger partial charge in [-0.1, -0.05) is 58.3 Å². The van der Waals surface area contributed by atoms with Crippen molar-refractivity contribution in [3.05, 3.63) is 0 Å². The van der Waals surface area contributed by atoms with Gasteiger partial charge in [0.05, 0.1) is 0 Å². The van der Waals surface area contributed by atoms with E-state index in [1.54, 1.807) is 0 Å². The van der Waals surface area contributed by atoms with Crippen LogP contribution in [-0.4, -0.2) is 13.1 Å². The fraction of sp³-hybridized carbons (Fsp3) is 1.00. The van der Waals surface area contributed by atoms with Crippen LogP contribution in [0.5, 0.6) is 0 Å². The Bertz CT molecular complexity index is 138. The minimum absolute atomic E-state index is 1.07. The minimum Gasteiger partial charge on any atom is -0.317 e. The Labute approximate surface area is 102 Å². The third-order valence-electron chi connectivity index (χ3n) is 3.90. The average molecular weight is 225 g/mol. The number of nitrogens with one attached hydrogen (secondary N) is 1. The molecule has 1 saturated carbocycles. The Hall–Kier alpha value is -0.0400. The van der Waals surface area contributed by atoms with Gasteiger partial charge in [-0.25, -0.2) is 0 Å².